The van der Waals surface area contributed by atoms with Crippen LogP contribution in [-0.4, -0.2) is 27.1 Å². The Morgan fingerprint density at radius 1 is 1.48 bits per heavy atom. The van der Waals surface area contributed by atoms with Crippen molar-refractivity contribution < 1.29 is 4.42 Å². The Morgan fingerprint density at radius 3 is 2.86 bits per heavy atom. The summed E-state index contributed by atoms with van der Waals surface area (Å²) in [6.45, 7) is 0.992. The second-order valence-corrected chi connectivity index (χ2v) is 7.09. The van der Waals surface area contributed by atoms with Crippen LogP contribution in [0.5, 0.6) is 0 Å². The van der Waals surface area contributed by atoms with Crippen LogP contribution < -0.4 is 5.32 Å². The summed E-state index contributed by atoms with van der Waals surface area (Å²) in [6.07, 6.45) is 13.1. The highest BCUT2D eigenvalue weighted by molar-refractivity contribution is 8.00. The molecule has 1 aliphatic rings. The van der Waals surface area contributed by atoms with Gasteiger partial charge in [0.05, 0.1) is 6.26 Å². The molecule has 21 heavy (non-hydrogen) atoms. The lowest BCUT2D eigenvalue weighted by Crippen LogP contribution is -2.38. The molecule has 0 aromatic carbocycles. The van der Waals surface area contributed by atoms with Gasteiger partial charge < -0.3 is 8.98 Å². The molecule has 0 spiro atoms. The largest absolute Gasteiger partial charge is 0.467 e. The molecular formula is C16H23N3OS. The summed E-state index contributed by atoms with van der Waals surface area (Å²) in [5, 5.41) is 3.70. The first-order chi connectivity index (χ1) is 10.2. The standard InChI is InChI=1S/C16H23N3OS/c1-19-10-9-17-15(19)14(13-6-5-11-20-13)18-12-16(21-2)7-3-4-8-16/h5-6,9-11,14,18H,3-4,7-8,12H2,1-2H3. The lowest BCUT2D eigenvalue weighted by molar-refractivity contribution is 0.410. The smallest absolute Gasteiger partial charge is 0.133 e. The molecule has 0 saturated heterocycles. The van der Waals surface area contributed by atoms with Gasteiger partial charge >= 0.3 is 0 Å². The summed E-state index contributed by atoms with van der Waals surface area (Å²) in [5.41, 5.74) is 0. The van der Waals surface area contributed by atoms with Gasteiger partial charge in [-0.2, -0.15) is 11.8 Å². The fourth-order valence-corrected chi connectivity index (χ4v) is 4.12. The zero-order valence-electron chi connectivity index (χ0n) is 12.7. The van der Waals surface area contributed by atoms with E-state index in [9.17, 15) is 0 Å². The molecule has 1 fully saturated rings. The lowest BCUT2D eigenvalue weighted by Gasteiger charge is -2.29. The molecule has 114 valence electrons. The highest BCUT2D eigenvalue weighted by atomic mass is 32.2. The number of aryl methyl sites for hydroxylation is 1. The van der Waals surface area contributed by atoms with Crippen LogP contribution in [0.3, 0.4) is 0 Å². The van der Waals surface area contributed by atoms with Gasteiger partial charge in [-0.3, -0.25) is 5.32 Å². The molecule has 2 heterocycles. The molecular weight excluding hydrogens is 282 g/mol. The summed E-state index contributed by atoms with van der Waals surface area (Å²) in [4.78, 5) is 4.50. The Balaban J connectivity index is 1.79. The van der Waals surface area contributed by atoms with E-state index in [2.05, 4.69) is 21.1 Å². The second kappa shape index (κ2) is 6.28. The van der Waals surface area contributed by atoms with Crippen LogP contribution in [0.25, 0.3) is 0 Å². The van der Waals surface area contributed by atoms with Crippen molar-refractivity contribution in [2.75, 3.05) is 12.8 Å². The van der Waals surface area contributed by atoms with E-state index in [1.165, 1.54) is 25.7 Å². The number of nitrogens with zero attached hydrogens (tertiary/aromatic N) is 2. The molecule has 3 rings (SSSR count). The fourth-order valence-electron chi connectivity index (χ4n) is 3.19. The summed E-state index contributed by atoms with van der Waals surface area (Å²) >= 11 is 2.00. The van der Waals surface area contributed by atoms with Crippen LogP contribution in [0.4, 0.5) is 0 Å². The molecule has 2 aromatic rings. The van der Waals surface area contributed by atoms with Crippen LogP contribution in [-0.2, 0) is 7.05 Å². The zero-order valence-corrected chi connectivity index (χ0v) is 13.5. The zero-order chi connectivity index (χ0) is 14.7. The predicted molar refractivity (Wildman–Crippen MR) is 86.5 cm³/mol. The van der Waals surface area contributed by atoms with Gasteiger partial charge in [-0.1, -0.05) is 12.8 Å². The van der Waals surface area contributed by atoms with Gasteiger partial charge in [0.25, 0.3) is 0 Å². The van der Waals surface area contributed by atoms with Crippen LogP contribution >= 0.6 is 11.8 Å². The predicted octanol–water partition coefficient (Wildman–Crippen LogP) is 3.37. The summed E-state index contributed by atoms with van der Waals surface area (Å²) < 4.78 is 8.06. The maximum atomic E-state index is 5.63. The molecule has 4 nitrogen and oxygen atoms in total. The summed E-state index contributed by atoms with van der Waals surface area (Å²) in [5.74, 6) is 1.93. The molecule has 0 amide bonds. The monoisotopic (exact) mass is 305 g/mol. The number of furan rings is 1. The van der Waals surface area contributed by atoms with Crippen LogP contribution in [0, 0.1) is 0 Å². The van der Waals surface area contributed by atoms with Gasteiger partial charge in [0.2, 0.25) is 0 Å². The highest BCUT2D eigenvalue weighted by Gasteiger charge is 2.34. The number of rotatable bonds is 6. The van der Waals surface area contributed by atoms with Crippen molar-refractivity contribution in [1.29, 1.82) is 0 Å². The van der Waals surface area contributed by atoms with E-state index in [1.807, 2.05) is 43.3 Å². The Kier molecular flexibility index (Phi) is 4.40. The van der Waals surface area contributed by atoms with Gasteiger partial charge in [0.1, 0.15) is 17.6 Å². The third-order valence-electron chi connectivity index (χ3n) is 4.52. The van der Waals surface area contributed by atoms with Gasteiger partial charge in [0.15, 0.2) is 0 Å². The Hall–Kier alpha value is -1.20. The first-order valence-corrected chi connectivity index (χ1v) is 8.76. The van der Waals surface area contributed by atoms with Crippen molar-refractivity contribution in [3.63, 3.8) is 0 Å². The second-order valence-electron chi connectivity index (χ2n) is 5.82. The number of nitrogens with one attached hydrogen (secondary N) is 1. The number of hydrogen-bond donors (Lipinski definition) is 1. The minimum absolute atomic E-state index is 0.0182. The van der Waals surface area contributed by atoms with Crippen LogP contribution in [0.2, 0.25) is 0 Å². The van der Waals surface area contributed by atoms with Crippen molar-refractivity contribution in [2.45, 2.75) is 36.5 Å². The van der Waals surface area contributed by atoms with E-state index in [1.54, 1.807) is 6.26 Å². The SMILES string of the molecule is CSC1(CNC(c2ccco2)c2nccn2C)CCCC1. The maximum absolute atomic E-state index is 5.63. The lowest BCUT2D eigenvalue weighted by atomic mass is 10.1. The molecule has 0 aliphatic heterocycles. The minimum atomic E-state index is 0.0182. The minimum Gasteiger partial charge on any atom is -0.467 e. The topological polar surface area (TPSA) is 43.0 Å². The fraction of sp³-hybridized carbons (Fsp3) is 0.562. The van der Waals surface area contributed by atoms with Crippen molar-refractivity contribution in [3.05, 3.63) is 42.4 Å². The molecule has 1 aliphatic carbocycles. The van der Waals surface area contributed by atoms with Gasteiger partial charge in [-0.25, -0.2) is 4.98 Å². The van der Waals surface area contributed by atoms with Crippen LogP contribution in [0.15, 0.2) is 35.2 Å². The average molecular weight is 305 g/mol. The third-order valence-corrected chi connectivity index (χ3v) is 5.94. The third kappa shape index (κ3) is 3.04. The molecule has 0 radical (unpaired) electrons. The van der Waals surface area contributed by atoms with E-state index in [4.69, 9.17) is 4.42 Å². The first-order valence-electron chi connectivity index (χ1n) is 7.53. The van der Waals surface area contributed by atoms with E-state index in [0.29, 0.717) is 4.75 Å². The summed E-state index contributed by atoms with van der Waals surface area (Å²) in [7, 11) is 2.03. The van der Waals surface area contributed by atoms with E-state index < -0.39 is 0 Å². The Bertz CT molecular complexity index is 558. The molecule has 1 atom stereocenters. The normalized spacial score (nSPS) is 19.0. The van der Waals surface area contributed by atoms with Gasteiger partial charge in [-0.15, -0.1) is 0 Å². The van der Waals surface area contributed by atoms with E-state index in [0.717, 1.165) is 18.1 Å². The molecule has 1 N–H and O–H groups in total. The first kappa shape index (κ1) is 14.7. The molecule has 2 aromatic heterocycles. The Labute approximate surface area is 130 Å². The molecule has 1 unspecified atom stereocenters. The van der Waals surface area contributed by atoms with Crippen LogP contribution in [0.1, 0.15) is 43.3 Å². The molecule has 0 bridgehead atoms. The van der Waals surface area contributed by atoms with Crippen molar-refractivity contribution in [1.82, 2.24) is 14.9 Å². The maximum Gasteiger partial charge on any atom is 0.133 e. The number of aromatic nitrogens is 2. The number of thioether (sulfide) groups is 1. The Morgan fingerprint density at radius 2 is 2.29 bits per heavy atom. The quantitative estimate of drug-likeness (QED) is 0.888. The molecule has 1 saturated carbocycles. The summed E-state index contributed by atoms with van der Waals surface area (Å²) in [6, 6.07) is 3.98. The van der Waals surface area contributed by atoms with Crippen molar-refractivity contribution in [2.24, 2.45) is 7.05 Å². The van der Waals surface area contributed by atoms with Crippen molar-refractivity contribution in [3.8, 4) is 0 Å². The average Bonchev–Trinajstić information content (AvgIpc) is 3.22. The van der Waals surface area contributed by atoms with E-state index in [-0.39, 0.29) is 6.04 Å². The van der Waals surface area contributed by atoms with Gasteiger partial charge in [-0.05, 0) is 31.2 Å². The van der Waals surface area contributed by atoms with Crippen molar-refractivity contribution >= 4 is 11.8 Å². The highest BCUT2D eigenvalue weighted by Crippen LogP contribution is 2.40. The van der Waals surface area contributed by atoms with E-state index >= 15 is 0 Å². The number of imidazole rings is 1. The number of hydrogen-bond acceptors (Lipinski definition) is 4. The van der Waals surface area contributed by atoms with Gasteiger partial charge in [0, 0.05) is 30.7 Å². The molecule has 5 heteroatoms.